The Bertz CT molecular complexity index is 616. The number of carbonyl (C=O) groups excluding carboxylic acids is 2. The number of hydrogen-bond acceptors (Lipinski definition) is 3. The van der Waals surface area contributed by atoms with Crippen LogP contribution in [0, 0.1) is 6.92 Å². The van der Waals surface area contributed by atoms with Gasteiger partial charge in [-0.2, -0.15) is 0 Å². The van der Waals surface area contributed by atoms with Crippen molar-refractivity contribution < 1.29 is 14.7 Å². The van der Waals surface area contributed by atoms with Crippen molar-refractivity contribution in [2.45, 2.75) is 52.5 Å². The van der Waals surface area contributed by atoms with Gasteiger partial charge in [0.1, 0.15) is 0 Å². The van der Waals surface area contributed by atoms with E-state index >= 15 is 0 Å². The molecule has 4 heteroatoms. The van der Waals surface area contributed by atoms with Gasteiger partial charge in [0.05, 0.1) is 11.6 Å². The summed E-state index contributed by atoms with van der Waals surface area (Å²) in [6, 6.07) is 7.30. The van der Waals surface area contributed by atoms with E-state index < -0.39 is 17.7 Å². The van der Waals surface area contributed by atoms with Crippen molar-refractivity contribution in [2.24, 2.45) is 0 Å². The summed E-state index contributed by atoms with van der Waals surface area (Å²) in [7, 11) is 0. The van der Waals surface area contributed by atoms with Crippen molar-refractivity contribution in [3.8, 4) is 0 Å². The molecule has 0 bridgehead atoms. The summed E-state index contributed by atoms with van der Waals surface area (Å²) in [5, 5.41) is 10.2. The Morgan fingerprint density at radius 3 is 2.39 bits per heavy atom. The molecule has 1 aliphatic heterocycles. The quantitative estimate of drug-likeness (QED) is 0.777. The number of aliphatic hydroxyl groups is 1. The summed E-state index contributed by atoms with van der Waals surface area (Å²) in [6.07, 6.45) is 4.16. The first-order valence-electron chi connectivity index (χ1n) is 8.29. The van der Waals surface area contributed by atoms with Crippen LogP contribution < -0.4 is 0 Å². The largest absolute Gasteiger partial charge is 0.503 e. The molecule has 124 valence electrons. The van der Waals surface area contributed by atoms with E-state index in [2.05, 4.69) is 6.92 Å². The molecular formula is C19H25NO3. The first kappa shape index (κ1) is 17.3. The molecule has 1 aromatic rings. The second kappa shape index (κ2) is 7.44. The van der Waals surface area contributed by atoms with Gasteiger partial charge < -0.3 is 10.0 Å². The van der Waals surface area contributed by atoms with Crippen LogP contribution in [0.4, 0.5) is 0 Å². The second-order valence-electron chi connectivity index (χ2n) is 6.19. The van der Waals surface area contributed by atoms with Gasteiger partial charge in [-0.25, -0.2) is 0 Å². The zero-order valence-corrected chi connectivity index (χ0v) is 14.1. The molecule has 1 heterocycles. The molecular weight excluding hydrogens is 290 g/mol. The van der Waals surface area contributed by atoms with Gasteiger partial charge in [-0.15, -0.1) is 0 Å². The summed E-state index contributed by atoms with van der Waals surface area (Å²) in [5.41, 5.74) is 2.20. The molecule has 0 unspecified atom stereocenters. The van der Waals surface area contributed by atoms with E-state index in [1.165, 1.54) is 6.92 Å². The minimum Gasteiger partial charge on any atom is -0.503 e. The van der Waals surface area contributed by atoms with Crippen LogP contribution >= 0.6 is 0 Å². The van der Waals surface area contributed by atoms with E-state index in [-0.39, 0.29) is 11.4 Å². The lowest BCUT2D eigenvalue weighted by Crippen LogP contribution is -2.32. The van der Waals surface area contributed by atoms with Crippen LogP contribution in [0.2, 0.25) is 0 Å². The van der Waals surface area contributed by atoms with Crippen molar-refractivity contribution in [3.05, 3.63) is 46.7 Å². The van der Waals surface area contributed by atoms with Crippen LogP contribution in [0.15, 0.2) is 35.6 Å². The number of hydrogen-bond donors (Lipinski definition) is 1. The topological polar surface area (TPSA) is 57.6 Å². The number of carbonyl (C=O) groups is 2. The Labute approximate surface area is 137 Å². The van der Waals surface area contributed by atoms with Gasteiger partial charge in [0.25, 0.3) is 5.91 Å². The number of amides is 1. The van der Waals surface area contributed by atoms with Gasteiger partial charge >= 0.3 is 0 Å². The Hall–Kier alpha value is -2.10. The molecule has 0 saturated heterocycles. The highest BCUT2D eigenvalue weighted by Gasteiger charge is 2.41. The predicted molar refractivity (Wildman–Crippen MR) is 90.1 cm³/mol. The van der Waals surface area contributed by atoms with Crippen LogP contribution in [0.1, 0.15) is 56.7 Å². The van der Waals surface area contributed by atoms with Crippen molar-refractivity contribution in [1.82, 2.24) is 4.90 Å². The number of rotatable bonds is 7. The summed E-state index contributed by atoms with van der Waals surface area (Å²) < 4.78 is 0. The van der Waals surface area contributed by atoms with E-state index in [1.54, 1.807) is 4.90 Å². The maximum absolute atomic E-state index is 12.4. The smallest absolute Gasteiger partial charge is 0.290 e. The molecule has 0 saturated carbocycles. The SMILES string of the molecule is CCCCCCN1C(=O)C(O)=C(C(C)=O)[C@H]1c1ccc(C)cc1. The third-order valence-electron chi connectivity index (χ3n) is 4.33. The molecule has 0 aliphatic carbocycles. The highest BCUT2D eigenvalue weighted by atomic mass is 16.3. The Kier molecular flexibility index (Phi) is 5.59. The number of benzene rings is 1. The fraction of sp³-hybridized carbons (Fsp3) is 0.474. The number of aliphatic hydroxyl groups excluding tert-OH is 1. The third-order valence-corrected chi connectivity index (χ3v) is 4.33. The molecule has 0 aromatic heterocycles. The monoisotopic (exact) mass is 315 g/mol. The lowest BCUT2D eigenvalue weighted by molar-refractivity contribution is -0.129. The normalized spacial score (nSPS) is 18.0. The fourth-order valence-corrected chi connectivity index (χ4v) is 3.05. The molecule has 1 N–H and O–H groups in total. The van der Waals surface area contributed by atoms with E-state index in [0.717, 1.165) is 36.8 Å². The van der Waals surface area contributed by atoms with Gasteiger partial charge in [0.15, 0.2) is 11.5 Å². The first-order chi connectivity index (χ1) is 11.0. The van der Waals surface area contributed by atoms with Crippen LogP contribution in [0.25, 0.3) is 0 Å². The second-order valence-corrected chi connectivity index (χ2v) is 6.19. The third kappa shape index (κ3) is 3.63. The molecule has 1 aliphatic rings. The van der Waals surface area contributed by atoms with Crippen LogP contribution in [0.5, 0.6) is 0 Å². The Balaban J connectivity index is 2.31. The minimum atomic E-state index is -0.470. The van der Waals surface area contributed by atoms with Crippen LogP contribution in [0.3, 0.4) is 0 Å². The number of aryl methyl sites for hydroxylation is 1. The van der Waals surface area contributed by atoms with Crippen molar-refractivity contribution >= 4 is 11.7 Å². The van der Waals surface area contributed by atoms with Crippen molar-refractivity contribution in [2.75, 3.05) is 6.54 Å². The van der Waals surface area contributed by atoms with Crippen molar-refractivity contribution in [3.63, 3.8) is 0 Å². The zero-order chi connectivity index (χ0) is 17.0. The Morgan fingerprint density at radius 2 is 1.83 bits per heavy atom. The minimum absolute atomic E-state index is 0.217. The first-order valence-corrected chi connectivity index (χ1v) is 8.29. The predicted octanol–water partition coefficient (Wildman–Crippen LogP) is 3.86. The molecule has 1 amide bonds. The highest BCUT2D eigenvalue weighted by Crippen LogP contribution is 2.37. The van der Waals surface area contributed by atoms with Crippen LogP contribution in [-0.4, -0.2) is 28.2 Å². The molecule has 1 atom stereocenters. The average molecular weight is 315 g/mol. The summed E-state index contributed by atoms with van der Waals surface area (Å²) in [6.45, 7) is 6.08. The van der Waals surface area contributed by atoms with E-state index in [1.807, 2.05) is 31.2 Å². The number of Topliss-reactive ketones (excluding diaryl/α,β-unsaturated/α-hetero) is 1. The van der Waals surface area contributed by atoms with Crippen molar-refractivity contribution in [1.29, 1.82) is 0 Å². The highest BCUT2D eigenvalue weighted by molar-refractivity contribution is 6.08. The standard InChI is InChI=1S/C19H25NO3/c1-4-5-6-7-12-20-17(15-10-8-13(2)9-11-15)16(14(3)21)18(22)19(20)23/h8-11,17,22H,4-7,12H2,1-3H3/t17-/m1/s1. The average Bonchev–Trinajstić information content (AvgIpc) is 2.77. The summed E-state index contributed by atoms with van der Waals surface area (Å²) in [5.74, 6) is -1.08. The fourth-order valence-electron chi connectivity index (χ4n) is 3.05. The molecule has 0 spiro atoms. The van der Waals surface area contributed by atoms with Gasteiger partial charge in [0.2, 0.25) is 0 Å². The number of nitrogens with zero attached hydrogens (tertiary/aromatic N) is 1. The van der Waals surface area contributed by atoms with E-state index in [4.69, 9.17) is 0 Å². The molecule has 0 radical (unpaired) electrons. The summed E-state index contributed by atoms with van der Waals surface area (Å²) >= 11 is 0. The van der Waals surface area contributed by atoms with Gasteiger partial charge in [-0.05, 0) is 25.8 Å². The Morgan fingerprint density at radius 1 is 1.17 bits per heavy atom. The molecule has 1 aromatic carbocycles. The molecule has 4 nitrogen and oxygen atoms in total. The number of unbranched alkanes of at least 4 members (excludes halogenated alkanes) is 3. The van der Waals surface area contributed by atoms with Gasteiger partial charge in [0, 0.05) is 6.54 Å². The van der Waals surface area contributed by atoms with Gasteiger partial charge in [-0.3, -0.25) is 9.59 Å². The summed E-state index contributed by atoms with van der Waals surface area (Å²) in [4.78, 5) is 26.0. The molecule has 0 fully saturated rings. The van der Waals surface area contributed by atoms with Crippen LogP contribution in [-0.2, 0) is 9.59 Å². The van der Waals surface area contributed by atoms with E-state index in [9.17, 15) is 14.7 Å². The van der Waals surface area contributed by atoms with Gasteiger partial charge in [-0.1, -0.05) is 56.0 Å². The lowest BCUT2D eigenvalue weighted by atomic mass is 9.96. The maximum Gasteiger partial charge on any atom is 0.290 e. The van der Waals surface area contributed by atoms with E-state index in [0.29, 0.717) is 6.54 Å². The molecule has 23 heavy (non-hydrogen) atoms. The lowest BCUT2D eigenvalue weighted by Gasteiger charge is -2.26. The maximum atomic E-state index is 12.4. The molecule has 2 rings (SSSR count). The zero-order valence-electron chi connectivity index (χ0n) is 14.1. The number of ketones is 1.